The highest BCUT2D eigenvalue weighted by atomic mass is 79.9. The predicted molar refractivity (Wildman–Crippen MR) is 79.9 cm³/mol. The highest BCUT2D eigenvalue weighted by Crippen LogP contribution is 2.22. The van der Waals surface area contributed by atoms with E-state index in [4.69, 9.17) is 5.14 Å². The van der Waals surface area contributed by atoms with Gasteiger partial charge >= 0.3 is 0 Å². The van der Waals surface area contributed by atoms with E-state index >= 15 is 0 Å². The van der Waals surface area contributed by atoms with Gasteiger partial charge in [0, 0.05) is 5.69 Å². The van der Waals surface area contributed by atoms with Crippen LogP contribution in [-0.4, -0.2) is 14.3 Å². The molecule has 0 saturated heterocycles. The van der Waals surface area contributed by atoms with Crippen LogP contribution in [-0.2, 0) is 10.0 Å². The molecule has 0 unspecified atom stereocenters. The molecule has 21 heavy (non-hydrogen) atoms. The number of carbonyl (C=O) groups excluding carboxylic acids is 1. The van der Waals surface area contributed by atoms with Gasteiger partial charge in [0.15, 0.2) is 0 Å². The van der Waals surface area contributed by atoms with Crippen LogP contribution in [0.15, 0.2) is 51.8 Å². The van der Waals surface area contributed by atoms with Crippen molar-refractivity contribution in [3.8, 4) is 0 Å². The molecule has 0 atom stereocenters. The van der Waals surface area contributed by atoms with Gasteiger partial charge in [-0.05, 0) is 52.3 Å². The molecule has 5 nitrogen and oxygen atoms in total. The number of hydrogen-bond acceptors (Lipinski definition) is 3. The van der Waals surface area contributed by atoms with Crippen molar-refractivity contribution in [3.05, 3.63) is 58.3 Å². The van der Waals surface area contributed by atoms with Crippen molar-refractivity contribution in [2.24, 2.45) is 5.14 Å². The molecule has 0 saturated carbocycles. The molecule has 3 N–H and O–H groups in total. The maximum atomic E-state index is 13.4. The third-order valence-electron chi connectivity index (χ3n) is 2.64. The van der Waals surface area contributed by atoms with Gasteiger partial charge in [0.1, 0.15) is 5.82 Å². The van der Waals surface area contributed by atoms with Gasteiger partial charge in [-0.25, -0.2) is 17.9 Å². The van der Waals surface area contributed by atoms with E-state index in [9.17, 15) is 17.6 Å². The first-order valence-corrected chi connectivity index (χ1v) is 8.01. The highest BCUT2D eigenvalue weighted by molar-refractivity contribution is 9.10. The first-order chi connectivity index (χ1) is 9.79. The van der Waals surface area contributed by atoms with Crippen LogP contribution < -0.4 is 10.5 Å². The van der Waals surface area contributed by atoms with E-state index in [1.807, 2.05) is 0 Å². The quantitative estimate of drug-likeness (QED) is 0.866. The molecule has 8 heteroatoms. The van der Waals surface area contributed by atoms with E-state index in [1.165, 1.54) is 42.5 Å². The van der Waals surface area contributed by atoms with Crippen LogP contribution >= 0.6 is 15.9 Å². The number of benzene rings is 2. The lowest BCUT2D eigenvalue weighted by Crippen LogP contribution is -2.14. The van der Waals surface area contributed by atoms with E-state index in [1.54, 1.807) is 0 Å². The molecule has 0 aromatic heterocycles. The predicted octanol–water partition coefficient (Wildman–Crippen LogP) is 2.49. The number of hydrogen-bond donors (Lipinski definition) is 2. The Bertz CT molecular complexity index is 792. The summed E-state index contributed by atoms with van der Waals surface area (Å²) in [6.45, 7) is 0. The number of rotatable bonds is 3. The summed E-state index contributed by atoms with van der Waals surface area (Å²) >= 11 is 3.00. The fraction of sp³-hybridized carbons (Fsp3) is 0. The molecule has 0 aliphatic carbocycles. The minimum absolute atomic E-state index is 0.0589. The molecule has 2 rings (SSSR count). The Hall–Kier alpha value is -1.77. The van der Waals surface area contributed by atoms with Gasteiger partial charge in [-0.3, -0.25) is 4.79 Å². The summed E-state index contributed by atoms with van der Waals surface area (Å²) in [4.78, 5) is 12.0. The van der Waals surface area contributed by atoms with E-state index < -0.39 is 21.7 Å². The Kier molecular flexibility index (Phi) is 4.40. The Morgan fingerprint density at radius 3 is 2.33 bits per heavy atom. The Morgan fingerprint density at radius 2 is 1.76 bits per heavy atom. The average molecular weight is 373 g/mol. The zero-order valence-corrected chi connectivity index (χ0v) is 12.9. The van der Waals surface area contributed by atoms with Crippen molar-refractivity contribution in [1.82, 2.24) is 0 Å². The van der Waals surface area contributed by atoms with Gasteiger partial charge in [-0.1, -0.05) is 6.07 Å². The fourth-order valence-electron chi connectivity index (χ4n) is 1.61. The standard InChI is InChI=1S/C13H10BrFN2O3S/c14-12-10(2-1-3-11(12)15)13(18)17-8-4-6-9(7-5-8)21(16,19)20/h1-7H,(H,17,18)(H2,16,19,20). The first kappa shape index (κ1) is 15.6. The molecule has 0 aliphatic rings. The van der Waals surface area contributed by atoms with Gasteiger partial charge in [0.25, 0.3) is 5.91 Å². The normalized spacial score (nSPS) is 11.2. The summed E-state index contributed by atoms with van der Waals surface area (Å²) in [6.07, 6.45) is 0. The molecule has 0 bridgehead atoms. The Labute approximate surface area is 129 Å². The van der Waals surface area contributed by atoms with Crippen molar-refractivity contribution >= 4 is 37.5 Å². The lowest BCUT2D eigenvalue weighted by Gasteiger charge is -2.08. The molecule has 0 spiro atoms. The van der Waals surface area contributed by atoms with Gasteiger partial charge in [-0.15, -0.1) is 0 Å². The van der Waals surface area contributed by atoms with E-state index in [0.717, 1.165) is 0 Å². The number of carbonyl (C=O) groups is 1. The van der Waals surface area contributed by atoms with Crippen LogP contribution in [0.5, 0.6) is 0 Å². The van der Waals surface area contributed by atoms with Gasteiger partial charge < -0.3 is 5.32 Å². The van der Waals surface area contributed by atoms with Crippen LogP contribution in [0.4, 0.5) is 10.1 Å². The lowest BCUT2D eigenvalue weighted by molar-refractivity contribution is 0.102. The molecule has 0 aliphatic heterocycles. The molecule has 110 valence electrons. The lowest BCUT2D eigenvalue weighted by atomic mass is 10.2. The summed E-state index contributed by atoms with van der Waals surface area (Å²) in [6, 6.07) is 9.43. The van der Waals surface area contributed by atoms with Crippen molar-refractivity contribution in [3.63, 3.8) is 0 Å². The number of sulfonamides is 1. The fourth-order valence-corrected chi connectivity index (χ4v) is 2.57. The molecule has 0 radical (unpaired) electrons. The summed E-state index contributed by atoms with van der Waals surface area (Å²) < 4.78 is 35.6. The number of nitrogens with one attached hydrogen (secondary N) is 1. The zero-order chi connectivity index (χ0) is 15.6. The number of halogens is 2. The molecule has 1 amide bonds. The number of anilines is 1. The van der Waals surface area contributed by atoms with Crippen LogP contribution in [0.2, 0.25) is 0 Å². The van der Waals surface area contributed by atoms with Crippen molar-refractivity contribution < 1.29 is 17.6 Å². The Balaban J connectivity index is 2.22. The molecule has 2 aromatic rings. The second kappa shape index (κ2) is 5.92. The number of amides is 1. The Morgan fingerprint density at radius 1 is 1.14 bits per heavy atom. The van der Waals surface area contributed by atoms with E-state index in [0.29, 0.717) is 5.69 Å². The average Bonchev–Trinajstić information content (AvgIpc) is 2.41. The molecular formula is C13H10BrFN2O3S. The SMILES string of the molecule is NS(=O)(=O)c1ccc(NC(=O)c2cccc(F)c2Br)cc1. The minimum Gasteiger partial charge on any atom is -0.322 e. The second-order valence-electron chi connectivity index (χ2n) is 4.12. The largest absolute Gasteiger partial charge is 0.322 e. The van der Waals surface area contributed by atoms with Gasteiger partial charge in [0.2, 0.25) is 10.0 Å². The topological polar surface area (TPSA) is 89.3 Å². The second-order valence-corrected chi connectivity index (χ2v) is 6.48. The molecule has 0 fully saturated rings. The summed E-state index contributed by atoms with van der Waals surface area (Å²) in [5.41, 5.74) is 0.495. The van der Waals surface area contributed by atoms with Gasteiger partial charge in [-0.2, -0.15) is 0 Å². The first-order valence-electron chi connectivity index (χ1n) is 5.67. The monoisotopic (exact) mass is 372 g/mol. The summed E-state index contributed by atoms with van der Waals surface area (Å²) in [5, 5.41) is 7.51. The third kappa shape index (κ3) is 3.66. The van der Waals surface area contributed by atoms with Crippen molar-refractivity contribution in [2.45, 2.75) is 4.90 Å². The molecule has 2 aromatic carbocycles. The summed E-state index contributed by atoms with van der Waals surface area (Å²) in [7, 11) is -3.78. The van der Waals surface area contributed by atoms with Crippen LogP contribution in [0.1, 0.15) is 10.4 Å². The minimum atomic E-state index is -3.78. The van der Waals surface area contributed by atoms with E-state index in [-0.39, 0.29) is 14.9 Å². The van der Waals surface area contributed by atoms with Crippen LogP contribution in [0.3, 0.4) is 0 Å². The maximum Gasteiger partial charge on any atom is 0.256 e. The molecular weight excluding hydrogens is 363 g/mol. The van der Waals surface area contributed by atoms with Crippen LogP contribution in [0, 0.1) is 5.82 Å². The summed E-state index contributed by atoms with van der Waals surface area (Å²) in [5.74, 6) is -1.07. The van der Waals surface area contributed by atoms with Crippen LogP contribution in [0.25, 0.3) is 0 Å². The van der Waals surface area contributed by atoms with Gasteiger partial charge in [0.05, 0.1) is 14.9 Å². The maximum absolute atomic E-state index is 13.4. The smallest absolute Gasteiger partial charge is 0.256 e. The number of primary sulfonamides is 1. The van der Waals surface area contributed by atoms with Crippen molar-refractivity contribution in [1.29, 1.82) is 0 Å². The third-order valence-corrected chi connectivity index (χ3v) is 4.37. The van der Waals surface area contributed by atoms with Crippen molar-refractivity contribution in [2.75, 3.05) is 5.32 Å². The number of nitrogens with two attached hydrogens (primary N) is 1. The zero-order valence-electron chi connectivity index (χ0n) is 10.5. The molecule has 0 heterocycles. The highest BCUT2D eigenvalue weighted by Gasteiger charge is 2.13. The van der Waals surface area contributed by atoms with E-state index in [2.05, 4.69) is 21.2 Å².